The number of carbonyl (C=O) groups excluding carboxylic acids is 1. The van der Waals surface area contributed by atoms with E-state index in [1.165, 1.54) is 0 Å². The molecule has 3 N–H and O–H groups in total. The van der Waals surface area contributed by atoms with Crippen LogP contribution < -0.4 is 11.1 Å². The molecule has 1 amide bonds. The van der Waals surface area contributed by atoms with Crippen LogP contribution in [0.4, 0.5) is 5.82 Å². The van der Waals surface area contributed by atoms with Gasteiger partial charge in [-0.25, -0.2) is 4.98 Å². The minimum Gasteiger partial charge on any atom is -0.326 e. The lowest BCUT2D eigenvalue weighted by atomic mass is 10.2. The fraction of sp³-hybridized carbons (Fsp3) is 0.188. The number of hydrogen-bond donors (Lipinski definition) is 2. The molecule has 0 atom stereocenters. The quantitative estimate of drug-likeness (QED) is 0.766. The van der Waals surface area contributed by atoms with Gasteiger partial charge in [-0.05, 0) is 31.2 Å². The third kappa shape index (κ3) is 2.86. The van der Waals surface area contributed by atoms with Crippen LogP contribution in [0.15, 0.2) is 43.0 Å². The number of amides is 1. The zero-order valence-electron chi connectivity index (χ0n) is 13.0. The molecule has 1 aromatic carbocycles. The first-order chi connectivity index (χ1) is 11.1. The standard InChI is InChI=1S/C16H18N6O/c1-11-14(9-17)15(20-21(11)2)19-16(23)12-3-5-13(6-4-12)22-8-7-18-10-22/h3-8,10H,9,17H2,1-2H3,(H,19,20,23). The zero-order valence-corrected chi connectivity index (χ0v) is 13.0. The molecule has 3 rings (SSSR count). The zero-order chi connectivity index (χ0) is 16.4. The van der Waals surface area contributed by atoms with Crippen LogP contribution in [-0.4, -0.2) is 25.2 Å². The summed E-state index contributed by atoms with van der Waals surface area (Å²) in [5, 5.41) is 7.12. The summed E-state index contributed by atoms with van der Waals surface area (Å²) in [7, 11) is 1.82. The van der Waals surface area contributed by atoms with Gasteiger partial charge < -0.3 is 15.6 Å². The van der Waals surface area contributed by atoms with Gasteiger partial charge in [0.25, 0.3) is 5.91 Å². The molecule has 0 aliphatic carbocycles. The van der Waals surface area contributed by atoms with E-state index in [1.54, 1.807) is 29.3 Å². The molecule has 0 aliphatic rings. The van der Waals surface area contributed by atoms with Crippen molar-refractivity contribution in [3.8, 4) is 5.69 Å². The highest BCUT2D eigenvalue weighted by molar-refractivity contribution is 6.04. The van der Waals surface area contributed by atoms with Gasteiger partial charge in [-0.15, -0.1) is 0 Å². The van der Waals surface area contributed by atoms with Crippen molar-refractivity contribution in [3.63, 3.8) is 0 Å². The Morgan fingerprint density at radius 1 is 1.30 bits per heavy atom. The highest BCUT2D eigenvalue weighted by Crippen LogP contribution is 2.18. The molecule has 0 saturated heterocycles. The van der Waals surface area contributed by atoms with Crippen molar-refractivity contribution in [3.05, 3.63) is 59.8 Å². The number of aryl methyl sites for hydroxylation is 1. The fourth-order valence-corrected chi connectivity index (χ4v) is 2.37. The molecule has 0 saturated carbocycles. The summed E-state index contributed by atoms with van der Waals surface area (Å²) in [6.45, 7) is 2.25. The van der Waals surface area contributed by atoms with E-state index in [0.717, 1.165) is 16.9 Å². The highest BCUT2D eigenvalue weighted by Gasteiger charge is 2.15. The van der Waals surface area contributed by atoms with Crippen molar-refractivity contribution in [1.82, 2.24) is 19.3 Å². The van der Waals surface area contributed by atoms with Gasteiger partial charge in [0.2, 0.25) is 0 Å². The molecule has 23 heavy (non-hydrogen) atoms. The van der Waals surface area contributed by atoms with E-state index in [9.17, 15) is 4.79 Å². The Labute approximate surface area is 133 Å². The van der Waals surface area contributed by atoms with Crippen LogP contribution in [0.2, 0.25) is 0 Å². The number of carbonyl (C=O) groups is 1. The fourth-order valence-electron chi connectivity index (χ4n) is 2.37. The van der Waals surface area contributed by atoms with E-state index in [-0.39, 0.29) is 5.91 Å². The van der Waals surface area contributed by atoms with Crippen LogP contribution >= 0.6 is 0 Å². The van der Waals surface area contributed by atoms with Gasteiger partial charge in [0.05, 0.1) is 6.33 Å². The number of hydrogen-bond acceptors (Lipinski definition) is 4. The van der Waals surface area contributed by atoms with Crippen LogP contribution in [-0.2, 0) is 13.6 Å². The molecular weight excluding hydrogens is 292 g/mol. The third-order valence-corrected chi connectivity index (χ3v) is 3.83. The highest BCUT2D eigenvalue weighted by atomic mass is 16.1. The van der Waals surface area contributed by atoms with Gasteiger partial charge in [0.1, 0.15) is 0 Å². The van der Waals surface area contributed by atoms with Crippen molar-refractivity contribution < 1.29 is 4.79 Å². The van der Waals surface area contributed by atoms with Crippen molar-refractivity contribution in [2.45, 2.75) is 13.5 Å². The topological polar surface area (TPSA) is 90.8 Å². The van der Waals surface area contributed by atoms with Crippen LogP contribution in [0.25, 0.3) is 5.69 Å². The van der Waals surface area contributed by atoms with E-state index < -0.39 is 0 Å². The molecule has 0 unspecified atom stereocenters. The maximum atomic E-state index is 12.4. The van der Waals surface area contributed by atoms with E-state index in [0.29, 0.717) is 17.9 Å². The predicted molar refractivity (Wildman–Crippen MR) is 87.4 cm³/mol. The van der Waals surface area contributed by atoms with Crippen molar-refractivity contribution in [1.29, 1.82) is 0 Å². The smallest absolute Gasteiger partial charge is 0.256 e. The number of nitrogens with one attached hydrogen (secondary N) is 1. The number of nitrogens with zero attached hydrogens (tertiary/aromatic N) is 4. The summed E-state index contributed by atoms with van der Waals surface area (Å²) in [6.07, 6.45) is 5.26. The number of imidazole rings is 1. The van der Waals surface area contributed by atoms with Gasteiger partial charge in [-0.1, -0.05) is 0 Å². The Hall–Kier alpha value is -2.93. The molecule has 3 aromatic rings. The number of aromatic nitrogens is 4. The Bertz CT molecular complexity index is 817. The Morgan fingerprint density at radius 3 is 2.65 bits per heavy atom. The van der Waals surface area contributed by atoms with Crippen LogP contribution in [0, 0.1) is 6.92 Å². The van der Waals surface area contributed by atoms with Crippen molar-refractivity contribution >= 4 is 11.7 Å². The SMILES string of the molecule is Cc1c(CN)c(NC(=O)c2ccc(-n3ccnc3)cc2)nn1C. The molecule has 0 bridgehead atoms. The lowest BCUT2D eigenvalue weighted by Crippen LogP contribution is -2.14. The van der Waals surface area contributed by atoms with Crippen LogP contribution in [0.1, 0.15) is 21.6 Å². The first-order valence-corrected chi connectivity index (χ1v) is 7.22. The first kappa shape index (κ1) is 15.0. The Kier molecular flexibility index (Phi) is 3.94. The van der Waals surface area contributed by atoms with Crippen LogP contribution in [0.3, 0.4) is 0 Å². The summed E-state index contributed by atoms with van der Waals surface area (Å²) >= 11 is 0. The van der Waals surface area contributed by atoms with E-state index in [4.69, 9.17) is 5.73 Å². The van der Waals surface area contributed by atoms with E-state index in [2.05, 4.69) is 15.4 Å². The molecule has 0 fully saturated rings. The van der Waals surface area contributed by atoms with Crippen molar-refractivity contribution in [2.24, 2.45) is 12.8 Å². The van der Waals surface area contributed by atoms with E-state index in [1.807, 2.05) is 36.9 Å². The molecule has 2 aromatic heterocycles. The maximum absolute atomic E-state index is 12.4. The summed E-state index contributed by atoms with van der Waals surface area (Å²) in [5.41, 5.74) is 9.02. The maximum Gasteiger partial charge on any atom is 0.256 e. The average molecular weight is 310 g/mol. The number of benzene rings is 1. The molecule has 118 valence electrons. The summed E-state index contributed by atoms with van der Waals surface area (Å²) in [6, 6.07) is 7.26. The minimum atomic E-state index is -0.213. The van der Waals surface area contributed by atoms with Crippen molar-refractivity contribution in [2.75, 3.05) is 5.32 Å². The monoisotopic (exact) mass is 310 g/mol. The van der Waals surface area contributed by atoms with E-state index >= 15 is 0 Å². The third-order valence-electron chi connectivity index (χ3n) is 3.83. The summed E-state index contributed by atoms with van der Waals surface area (Å²) in [5.74, 6) is 0.297. The molecule has 7 heteroatoms. The Balaban J connectivity index is 1.80. The first-order valence-electron chi connectivity index (χ1n) is 7.22. The molecule has 2 heterocycles. The molecule has 0 aliphatic heterocycles. The normalized spacial score (nSPS) is 10.7. The molecular formula is C16H18N6O. The second-order valence-corrected chi connectivity index (χ2v) is 5.21. The second kappa shape index (κ2) is 6.05. The lowest BCUT2D eigenvalue weighted by molar-refractivity contribution is 0.102. The summed E-state index contributed by atoms with van der Waals surface area (Å²) in [4.78, 5) is 16.4. The predicted octanol–water partition coefficient (Wildman–Crippen LogP) is 1.63. The number of nitrogens with two attached hydrogens (primary N) is 1. The second-order valence-electron chi connectivity index (χ2n) is 5.21. The number of rotatable bonds is 4. The minimum absolute atomic E-state index is 0.213. The largest absolute Gasteiger partial charge is 0.326 e. The van der Waals surface area contributed by atoms with Gasteiger partial charge in [0.15, 0.2) is 5.82 Å². The van der Waals surface area contributed by atoms with Gasteiger partial charge in [-0.3, -0.25) is 9.48 Å². The van der Waals surface area contributed by atoms with Gasteiger partial charge in [0, 0.05) is 48.5 Å². The molecule has 0 radical (unpaired) electrons. The lowest BCUT2D eigenvalue weighted by Gasteiger charge is -2.06. The average Bonchev–Trinajstić information content (AvgIpc) is 3.17. The van der Waals surface area contributed by atoms with Crippen LogP contribution in [0.5, 0.6) is 0 Å². The summed E-state index contributed by atoms with van der Waals surface area (Å²) < 4.78 is 3.58. The number of anilines is 1. The molecule has 7 nitrogen and oxygen atoms in total. The van der Waals surface area contributed by atoms with Gasteiger partial charge >= 0.3 is 0 Å². The van der Waals surface area contributed by atoms with Gasteiger partial charge in [-0.2, -0.15) is 5.10 Å². The molecule has 0 spiro atoms. The Morgan fingerprint density at radius 2 is 2.04 bits per heavy atom.